The highest BCUT2D eigenvalue weighted by Crippen LogP contribution is 2.38. The molecule has 2 aliphatic heterocycles. The van der Waals surface area contributed by atoms with Crippen LogP contribution in [0.25, 0.3) is 0 Å². The summed E-state index contributed by atoms with van der Waals surface area (Å²) in [5.41, 5.74) is 1.27. The molecule has 0 fully saturated rings. The van der Waals surface area contributed by atoms with Gasteiger partial charge in [0.15, 0.2) is 11.5 Å². The van der Waals surface area contributed by atoms with Crippen molar-refractivity contribution < 1.29 is 19.1 Å². The summed E-state index contributed by atoms with van der Waals surface area (Å²) in [5, 5.41) is 0. The van der Waals surface area contributed by atoms with Crippen molar-refractivity contribution in [3.63, 3.8) is 0 Å². The molecule has 5 nitrogen and oxygen atoms in total. The Balaban J connectivity index is 1.81. The van der Waals surface area contributed by atoms with E-state index in [1.807, 2.05) is 0 Å². The molecule has 0 spiro atoms. The molecule has 0 aromatic heterocycles. The van der Waals surface area contributed by atoms with E-state index in [1.54, 1.807) is 36.4 Å². The minimum atomic E-state index is -0.338. The molecular weight excluding hydrogens is 338 g/mol. The maximum atomic E-state index is 12.5. The molecule has 2 heterocycles. The van der Waals surface area contributed by atoms with Crippen molar-refractivity contribution in [2.45, 2.75) is 0 Å². The fourth-order valence-electron chi connectivity index (χ4n) is 2.47. The van der Waals surface area contributed by atoms with Gasteiger partial charge in [0.1, 0.15) is 0 Å². The van der Waals surface area contributed by atoms with Crippen molar-refractivity contribution in [2.75, 3.05) is 11.7 Å². The van der Waals surface area contributed by atoms with Crippen molar-refractivity contribution in [2.24, 2.45) is 0 Å². The standard InChI is InChI=1S/C15H8BrNO4/c16-8-1-3-10-11(5-8)15(19)17(14(10)18)9-2-4-12-13(6-9)21-7-20-12/h1-6H,7H2. The number of hydrogen-bond donors (Lipinski definition) is 0. The lowest BCUT2D eigenvalue weighted by atomic mass is 10.1. The van der Waals surface area contributed by atoms with E-state index < -0.39 is 0 Å². The van der Waals surface area contributed by atoms with Crippen LogP contribution in [0.3, 0.4) is 0 Å². The van der Waals surface area contributed by atoms with Crippen molar-refractivity contribution in [1.82, 2.24) is 0 Å². The predicted octanol–water partition coefficient (Wildman–Crippen LogP) is 2.98. The molecule has 6 heteroatoms. The SMILES string of the molecule is O=C1c2ccc(Br)cc2C(=O)N1c1ccc2c(c1)OCO2. The molecule has 0 radical (unpaired) electrons. The fourth-order valence-corrected chi connectivity index (χ4v) is 2.83. The molecule has 0 bridgehead atoms. The van der Waals surface area contributed by atoms with Crippen LogP contribution in [0.5, 0.6) is 11.5 Å². The molecule has 0 atom stereocenters. The number of amides is 2. The first-order valence-electron chi connectivity index (χ1n) is 6.23. The second-order valence-corrected chi connectivity index (χ2v) is 5.59. The highest BCUT2D eigenvalue weighted by molar-refractivity contribution is 9.10. The summed E-state index contributed by atoms with van der Waals surface area (Å²) in [6.07, 6.45) is 0. The van der Waals surface area contributed by atoms with Crippen LogP contribution in [0.15, 0.2) is 40.9 Å². The number of carbonyl (C=O) groups excluding carboxylic acids is 2. The van der Waals surface area contributed by atoms with Gasteiger partial charge in [-0.1, -0.05) is 15.9 Å². The highest BCUT2D eigenvalue weighted by Gasteiger charge is 2.37. The maximum Gasteiger partial charge on any atom is 0.266 e. The van der Waals surface area contributed by atoms with Crippen molar-refractivity contribution >= 4 is 33.4 Å². The van der Waals surface area contributed by atoms with E-state index in [9.17, 15) is 9.59 Å². The normalized spacial score (nSPS) is 15.6. The highest BCUT2D eigenvalue weighted by atomic mass is 79.9. The molecule has 2 aromatic carbocycles. The molecule has 0 aliphatic carbocycles. The number of fused-ring (bicyclic) bond motifs is 2. The topological polar surface area (TPSA) is 55.8 Å². The third-order valence-electron chi connectivity index (χ3n) is 3.46. The van der Waals surface area contributed by atoms with Crippen molar-refractivity contribution in [3.8, 4) is 11.5 Å². The number of carbonyl (C=O) groups is 2. The number of imide groups is 1. The first-order chi connectivity index (χ1) is 10.1. The minimum Gasteiger partial charge on any atom is -0.454 e. The van der Waals surface area contributed by atoms with Gasteiger partial charge in [0.05, 0.1) is 16.8 Å². The minimum absolute atomic E-state index is 0.147. The zero-order valence-electron chi connectivity index (χ0n) is 10.6. The number of nitrogens with zero attached hydrogens (tertiary/aromatic N) is 1. The average molecular weight is 346 g/mol. The predicted molar refractivity (Wildman–Crippen MR) is 77.8 cm³/mol. The van der Waals surface area contributed by atoms with Crippen LogP contribution in [-0.4, -0.2) is 18.6 Å². The first-order valence-corrected chi connectivity index (χ1v) is 7.02. The zero-order valence-corrected chi connectivity index (χ0v) is 12.2. The summed E-state index contributed by atoms with van der Waals surface area (Å²) < 4.78 is 11.3. The number of benzene rings is 2. The van der Waals surface area contributed by atoms with Gasteiger partial charge in [0, 0.05) is 10.5 Å². The molecule has 2 aliphatic rings. The van der Waals surface area contributed by atoms with Crippen LogP contribution in [0, 0.1) is 0 Å². The molecule has 0 unspecified atom stereocenters. The Kier molecular flexibility index (Phi) is 2.56. The van der Waals surface area contributed by atoms with Gasteiger partial charge in [-0.3, -0.25) is 9.59 Å². The van der Waals surface area contributed by atoms with Gasteiger partial charge in [-0.15, -0.1) is 0 Å². The monoisotopic (exact) mass is 345 g/mol. The summed E-state index contributed by atoms with van der Waals surface area (Å²) >= 11 is 3.31. The third-order valence-corrected chi connectivity index (χ3v) is 3.96. The smallest absolute Gasteiger partial charge is 0.266 e. The Labute approximate surface area is 128 Å². The molecule has 4 rings (SSSR count). The lowest BCUT2D eigenvalue weighted by Crippen LogP contribution is -2.29. The van der Waals surface area contributed by atoms with E-state index in [2.05, 4.69) is 15.9 Å². The Morgan fingerprint density at radius 3 is 2.52 bits per heavy atom. The van der Waals surface area contributed by atoms with Gasteiger partial charge in [0.25, 0.3) is 11.8 Å². The Bertz CT molecular complexity index is 802. The molecule has 0 saturated heterocycles. The van der Waals surface area contributed by atoms with E-state index in [4.69, 9.17) is 9.47 Å². The maximum absolute atomic E-state index is 12.5. The summed E-state index contributed by atoms with van der Waals surface area (Å²) in [6, 6.07) is 10.0. The molecule has 21 heavy (non-hydrogen) atoms. The van der Waals surface area contributed by atoms with Crippen molar-refractivity contribution in [3.05, 3.63) is 52.0 Å². The molecule has 0 saturated carbocycles. The van der Waals surface area contributed by atoms with Crippen LogP contribution in [0.2, 0.25) is 0 Å². The van der Waals surface area contributed by atoms with E-state index in [-0.39, 0.29) is 18.6 Å². The van der Waals surface area contributed by atoms with Crippen LogP contribution >= 0.6 is 15.9 Å². The lowest BCUT2D eigenvalue weighted by Gasteiger charge is -2.14. The second kappa shape index (κ2) is 4.33. The van der Waals surface area contributed by atoms with E-state index in [0.717, 1.165) is 9.37 Å². The number of hydrogen-bond acceptors (Lipinski definition) is 4. The summed E-state index contributed by atoms with van der Waals surface area (Å²) in [5.74, 6) is 0.472. The van der Waals surface area contributed by atoms with Gasteiger partial charge in [0.2, 0.25) is 6.79 Å². The molecular formula is C15H8BrNO4. The third kappa shape index (κ3) is 1.76. The molecule has 0 N–H and O–H groups in total. The summed E-state index contributed by atoms with van der Waals surface area (Å²) in [7, 11) is 0. The van der Waals surface area contributed by atoms with Crippen LogP contribution in [0.1, 0.15) is 20.7 Å². The van der Waals surface area contributed by atoms with E-state index in [1.165, 1.54) is 0 Å². The summed E-state index contributed by atoms with van der Waals surface area (Å²) in [6.45, 7) is 0.147. The Morgan fingerprint density at radius 2 is 1.67 bits per heavy atom. The number of ether oxygens (including phenoxy) is 2. The molecule has 2 amide bonds. The van der Waals surface area contributed by atoms with E-state index in [0.29, 0.717) is 28.3 Å². The zero-order chi connectivity index (χ0) is 14.6. The number of halogens is 1. The number of rotatable bonds is 1. The van der Waals surface area contributed by atoms with E-state index >= 15 is 0 Å². The molecule has 104 valence electrons. The van der Waals surface area contributed by atoms with Crippen LogP contribution in [-0.2, 0) is 0 Å². The van der Waals surface area contributed by atoms with Gasteiger partial charge in [-0.25, -0.2) is 4.90 Å². The van der Waals surface area contributed by atoms with Gasteiger partial charge in [-0.05, 0) is 30.3 Å². The van der Waals surface area contributed by atoms with Gasteiger partial charge < -0.3 is 9.47 Å². The number of anilines is 1. The Morgan fingerprint density at radius 1 is 0.905 bits per heavy atom. The largest absolute Gasteiger partial charge is 0.454 e. The Hall–Kier alpha value is -2.34. The first kappa shape index (κ1) is 12.4. The average Bonchev–Trinajstić information content (AvgIpc) is 3.02. The van der Waals surface area contributed by atoms with Crippen LogP contribution in [0.4, 0.5) is 5.69 Å². The fraction of sp³-hybridized carbons (Fsp3) is 0.0667. The second-order valence-electron chi connectivity index (χ2n) is 4.67. The van der Waals surface area contributed by atoms with Gasteiger partial charge >= 0.3 is 0 Å². The van der Waals surface area contributed by atoms with Crippen LogP contribution < -0.4 is 14.4 Å². The van der Waals surface area contributed by atoms with Gasteiger partial charge in [-0.2, -0.15) is 0 Å². The van der Waals surface area contributed by atoms with Crippen molar-refractivity contribution in [1.29, 1.82) is 0 Å². The lowest BCUT2D eigenvalue weighted by molar-refractivity contribution is 0.0926. The molecule has 2 aromatic rings. The summed E-state index contributed by atoms with van der Waals surface area (Å²) in [4.78, 5) is 26.1. The quantitative estimate of drug-likeness (QED) is 0.745.